The van der Waals surface area contributed by atoms with Crippen LogP contribution in [0.5, 0.6) is 5.75 Å². The van der Waals surface area contributed by atoms with E-state index in [0.29, 0.717) is 6.42 Å². The lowest BCUT2D eigenvalue weighted by molar-refractivity contribution is 0.0520. The van der Waals surface area contributed by atoms with Gasteiger partial charge in [-0.05, 0) is 49.9 Å². The van der Waals surface area contributed by atoms with E-state index >= 15 is 0 Å². The van der Waals surface area contributed by atoms with E-state index in [2.05, 4.69) is 12.2 Å². The molecule has 0 amide bonds. The van der Waals surface area contributed by atoms with Crippen LogP contribution in [0.3, 0.4) is 0 Å². The number of nitrogens with one attached hydrogen (secondary N) is 1. The van der Waals surface area contributed by atoms with Crippen LogP contribution < -0.4 is 10.1 Å². The average Bonchev–Trinajstić information content (AvgIpc) is 2.50. The van der Waals surface area contributed by atoms with E-state index < -0.39 is 0 Å². The Morgan fingerprint density at radius 3 is 2.67 bits per heavy atom. The minimum Gasteiger partial charge on any atom is -0.490 e. The molecule has 0 bridgehead atoms. The number of likely N-dealkylation sites (N-methyl/N-ethyl adjacent to an activating group) is 1. The molecule has 0 heterocycles. The Kier molecular flexibility index (Phi) is 6.03. The molecule has 2 rings (SSSR count). The van der Waals surface area contributed by atoms with Gasteiger partial charge in [0.25, 0.3) is 0 Å². The van der Waals surface area contributed by atoms with Crippen LogP contribution in [0.2, 0.25) is 0 Å². The summed E-state index contributed by atoms with van der Waals surface area (Å²) in [6.45, 7) is 3.27. The van der Waals surface area contributed by atoms with Crippen molar-refractivity contribution in [2.75, 3.05) is 19.8 Å². The molecule has 2 atom stereocenters. The fraction of sp³-hybridized carbons (Fsp3) is 0.647. The Morgan fingerprint density at radius 2 is 2.05 bits per heavy atom. The molecule has 2 unspecified atom stereocenters. The molecule has 1 aromatic carbocycles. The van der Waals surface area contributed by atoms with Crippen LogP contribution in [-0.2, 0) is 6.42 Å². The SMILES string of the molecule is CCNC1(CO)CCCC(Oc2ccc(CCO)cc2)C1. The first-order chi connectivity index (χ1) is 10.2. The van der Waals surface area contributed by atoms with Crippen molar-refractivity contribution >= 4 is 0 Å². The molecule has 0 aliphatic heterocycles. The third-order valence-electron chi connectivity index (χ3n) is 4.28. The van der Waals surface area contributed by atoms with Crippen LogP contribution in [-0.4, -0.2) is 41.6 Å². The third-order valence-corrected chi connectivity index (χ3v) is 4.28. The zero-order chi connectivity index (χ0) is 15.1. The summed E-state index contributed by atoms with van der Waals surface area (Å²) in [6.07, 6.45) is 4.78. The van der Waals surface area contributed by atoms with Gasteiger partial charge in [-0.25, -0.2) is 0 Å². The van der Waals surface area contributed by atoms with Gasteiger partial charge in [0.05, 0.1) is 6.61 Å². The van der Waals surface area contributed by atoms with Crippen molar-refractivity contribution in [3.8, 4) is 5.75 Å². The van der Waals surface area contributed by atoms with Crippen molar-refractivity contribution in [3.05, 3.63) is 29.8 Å². The van der Waals surface area contributed by atoms with Crippen LogP contribution >= 0.6 is 0 Å². The summed E-state index contributed by atoms with van der Waals surface area (Å²) in [7, 11) is 0. The fourth-order valence-corrected chi connectivity index (χ4v) is 3.20. The summed E-state index contributed by atoms with van der Waals surface area (Å²) >= 11 is 0. The molecule has 1 aliphatic rings. The number of hydrogen-bond donors (Lipinski definition) is 3. The molecule has 21 heavy (non-hydrogen) atoms. The standard InChI is InChI=1S/C17H27NO3/c1-2-18-17(13-20)10-3-4-16(12-17)21-15-7-5-14(6-8-15)9-11-19/h5-8,16,18-20H,2-4,9-13H2,1H3. The fourth-order valence-electron chi connectivity index (χ4n) is 3.20. The molecule has 0 radical (unpaired) electrons. The monoisotopic (exact) mass is 293 g/mol. The second kappa shape index (κ2) is 7.78. The van der Waals surface area contributed by atoms with E-state index in [1.54, 1.807) is 0 Å². The Labute approximate surface area is 127 Å². The molecule has 0 saturated heterocycles. The summed E-state index contributed by atoms with van der Waals surface area (Å²) in [5, 5.41) is 22.1. The van der Waals surface area contributed by atoms with Gasteiger partial charge in [-0.2, -0.15) is 0 Å². The summed E-state index contributed by atoms with van der Waals surface area (Å²) in [6, 6.07) is 7.93. The minimum absolute atomic E-state index is 0.147. The normalized spacial score (nSPS) is 25.8. The van der Waals surface area contributed by atoms with Crippen LogP contribution in [0.15, 0.2) is 24.3 Å². The predicted octanol–water partition coefficient (Wildman–Crippen LogP) is 1.88. The number of rotatable bonds is 7. The van der Waals surface area contributed by atoms with Gasteiger partial charge < -0.3 is 20.3 Å². The van der Waals surface area contributed by atoms with Gasteiger partial charge in [0.2, 0.25) is 0 Å². The van der Waals surface area contributed by atoms with Crippen LogP contribution in [0.4, 0.5) is 0 Å². The Morgan fingerprint density at radius 1 is 1.29 bits per heavy atom. The largest absolute Gasteiger partial charge is 0.490 e. The van der Waals surface area contributed by atoms with Crippen molar-refractivity contribution in [2.45, 2.75) is 50.7 Å². The highest BCUT2D eigenvalue weighted by Crippen LogP contribution is 2.31. The van der Waals surface area contributed by atoms with E-state index in [-0.39, 0.29) is 24.9 Å². The van der Waals surface area contributed by atoms with Crippen molar-refractivity contribution in [1.82, 2.24) is 5.32 Å². The lowest BCUT2D eigenvalue weighted by atomic mass is 9.80. The zero-order valence-electron chi connectivity index (χ0n) is 12.8. The van der Waals surface area contributed by atoms with Gasteiger partial charge in [0.15, 0.2) is 0 Å². The average molecular weight is 293 g/mol. The maximum atomic E-state index is 9.71. The highest BCUT2D eigenvalue weighted by atomic mass is 16.5. The van der Waals surface area contributed by atoms with Gasteiger partial charge in [-0.1, -0.05) is 19.1 Å². The van der Waals surface area contributed by atoms with Crippen molar-refractivity contribution in [2.24, 2.45) is 0 Å². The number of benzene rings is 1. The predicted molar refractivity (Wildman–Crippen MR) is 83.6 cm³/mol. The molecule has 4 heteroatoms. The number of ether oxygens (including phenoxy) is 1. The Bertz CT molecular complexity index is 417. The van der Waals surface area contributed by atoms with E-state index in [9.17, 15) is 5.11 Å². The molecular weight excluding hydrogens is 266 g/mol. The first kappa shape index (κ1) is 16.3. The maximum Gasteiger partial charge on any atom is 0.119 e. The molecule has 0 spiro atoms. The Balaban J connectivity index is 1.95. The first-order valence-electron chi connectivity index (χ1n) is 7.94. The lowest BCUT2D eigenvalue weighted by Crippen LogP contribution is -2.53. The molecule has 3 N–H and O–H groups in total. The van der Waals surface area contributed by atoms with Gasteiger partial charge in [-0.15, -0.1) is 0 Å². The van der Waals surface area contributed by atoms with Crippen LogP contribution in [0.1, 0.15) is 38.2 Å². The van der Waals surface area contributed by atoms with E-state index in [4.69, 9.17) is 9.84 Å². The molecule has 1 fully saturated rings. The summed E-state index contributed by atoms with van der Waals surface area (Å²) in [5.41, 5.74) is 0.931. The highest BCUT2D eigenvalue weighted by molar-refractivity contribution is 5.27. The zero-order valence-corrected chi connectivity index (χ0v) is 12.8. The molecule has 1 aliphatic carbocycles. The third kappa shape index (κ3) is 4.43. The second-order valence-electron chi connectivity index (χ2n) is 5.92. The summed E-state index contributed by atoms with van der Waals surface area (Å²) in [5.74, 6) is 0.868. The number of aliphatic hydroxyl groups is 2. The van der Waals surface area contributed by atoms with Crippen LogP contribution in [0.25, 0.3) is 0 Å². The number of hydrogen-bond acceptors (Lipinski definition) is 4. The number of aliphatic hydroxyl groups excluding tert-OH is 2. The molecule has 4 nitrogen and oxygen atoms in total. The van der Waals surface area contributed by atoms with Gasteiger partial charge in [0.1, 0.15) is 11.9 Å². The van der Waals surface area contributed by atoms with Crippen LogP contribution in [0, 0.1) is 0 Å². The van der Waals surface area contributed by atoms with E-state index in [0.717, 1.165) is 43.5 Å². The molecule has 118 valence electrons. The van der Waals surface area contributed by atoms with Crippen molar-refractivity contribution in [1.29, 1.82) is 0 Å². The minimum atomic E-state index is -0.186. The topological polar surface area (TPSA) is 61.7 Å². The first-order valence-corrected chi connectivity index (χ1v) is 7.94. The quantitative estimate of drug-likeness (QED) is 0.718. The van der Waals surface area contributed by atoms with E-state index in [1.807, 2.05) is 24.3 Å². The molecule has 1 saturated carbocycles. The molecule has 1 aromatic rings. The molecule has 0 aromatic heterocycles. The lowest BCUT2D eigenvalue weighted by Gasteiger charge is -2.40. The van der Waals surface area contributed by atoms with Crippen molar-refractivity contribution < 1.29 is 14.9 Å². The second-order valence-corrected chi connectivity index (χ2v) is 5.92. The van der Waals surface area contributed by atoms with Gasteiger partial charge >= 0.3 is 0 Å². The van der Waals surface area contributed by atoms with Gasteiger partial charge in [-0.3, -0.25) is 0 Å². The molecular formula is C17H27NO3. The summed E-state index contributed by atoms with van der Waals surface area (Å²) < 4.78 is 6.08. The Hall–Kier alpha value is -1.10. The van der Waals surface area contributed by atoms with Crippen molar-refractivity contribution in [3.63, 3.8) is 0 Å². The van der Waals surface area contributed by atoms with E-state index in [1.165, 1.54) is 0 Å². The maximum absolute atomic E-state index is 9.71. The smallest absolute Gasteiger partial charge is 0.119 e. The highest BCUT2D eigenvalue weighted by Gasteiger charge is 2.36. The summed E-state index contributed by atoms with van der Waals surface area (Å²) in [4.78, 5) is 0. The van der Waals surface area contributed by atoms with Gasteiger partial charge in [0, 0.05) is 18.6 Å².